The highest BCUT2D eigenvalue weighted by Gasteiger charge is 2.34. The second-order valence-electron chi connectivity index (χ2n) is 14.8. The summed E-state index contributed by atoms with van der Waals surface area (Å²) in [5.41, 5.74) is 13.1. The van der Waals surface area contributed by atoms with E-state index in [1.165, 1.54) is 25.7 Å². The molecule has 2 amide bonds. The Morgan fingerprint density at radius 3 is 2.25 bits per heavy atom. The van der Waals surface area contributed by atoms with Gasteiger partial charge in [0.05, 0.1) is 30.2 Å². The number of anilines is 2. The maximum atomic E-state index is 12.8. The highest BCUT2D eigenvalue weighted by atomic mass is 16.7. The van der Waals surface area contributed by atoms with E-state index in [0.717, 1.165) is 59.3 Å². The molecule has 1 saturated heterocycles. The van der Waals surface area contributed by atoms with Crippen molar-refractivity contribution in [2.45, 2.75) is 102 Å². The molecule has 4 aromatic rings. The van der Waals surface area contributed by atoms with Crippen LogP contribution in [0, 0.1) is 0 Å². The van der Waals surface area contributed by atoms with E-state index in [1.54, 1.807) is 12.1 Å². The lowest BCUT2D eigenvalue weighted by atomic mass is 9.97. The summed E-state index contributed by atoms with van der Waals surface area (Å²) in [5, 5.41) is 15.5. The Labute approximate surface area is 325 Å². The molecule has 5 N–H and O–H groups in total. The number of nitrogens with two attached hydrogens (primary N) is 1. The molecular weight excluding hydrogens is 689 g/mol. The van der Waals surface area contributed by atoms with Crippen molar-refractivity contribution in [3.8, 4) is 11.1 Å². The highest BCUT2D eigenvalue weighted by Crippen LogP contribution is 2.39. The number of aliphatic hydroxyl groups excluding tert-OH is 1. The molecule has 3 atom stereocenters. The zero-order chi connectivity index (χ0) is 38.4. The quantitative estimate of drug-likeness (QED) is 0.0457. The molecule has 1 saturated carbocycles. The number of para-hydroxylation sites is 2. The number of hydrogen-bond donors (Lipinski definition) is 4. The molecule has 3 unspecified atom stereocenters. The first-order valence-corrected chi connectivity index (χ1v) is 19.8. The first-order chi connectivity index (χ1) is 26.9. The summed E-state index contributed by atoms with van der Waals surface area (Å²) in [5.74, 6) is -0.0811. The van der Waals surface area contributed by atoms with E-state index < -0.39 is 6.29 Å². The van der Waals surface area contributed by atoms with E-state index in [-0.39, 0.29) is 30.6 Å². The molecule has 9 heteroatoms. The minimum Gasteiger partial charge on any atom is -0.397 e. The van der Waals surface area contributed by atoms with Crippen LogP contribution in [0.3, 0.4) is 0 Å². The number of rotatable bonds is 18. The molecule has 55 heavy (non-hydrogen) atoms. The number of unbranched alkanes of at least 4 members (excludes halogenated alkanes) is 2. The van der Waals surface area contributed by atoms with E-state index >= 15 is 0 Å². The van der Waals surface area contributed by atoms with E-state index in [2.05, 4.69) is 64.6 Å². The number of amides is 2. The Kier molecular flexibility index (Phi) is 14.7. The molecule has 0 spiro atoms. The zero-order valence-electron chi connectivity index (χ0n) is 31.8. The fraction of sp³-hybridized carbons (Fsp3) is 0.391. The summed E-state index contributed by atoms with van der Waals surface area (Å²) in [6.45, 7) is 6.13. The minimum atomic E-state index is -0.531. The van der Waals surface area contributed by atoms with Gasteiger partial charge in [0.15, 0.2) is 6.29 Å². The summed E-state index contributed by atoms with van der Waals surface area (Å²) in [6, 6.07) is 32.3. The van der Waals surface area contributed by atoms with Crippen LogP contribution in [-0.2, 0) is 32.2 Å². The zero-order valence-corrected chi connectivity index (χ0v) is 31.8. The Hall–Kier alpha value is -4.80. The summed E-state index contributed by atoms with van der Waals surface area (Å²) < 4.78 is 13.4. The number of ether oxygens (including phenoxy) is 2. The second kappa shape index (κ2) is 20.2. The largest absolute Gasteiger partial charge is 0.397 e. The standard InChI is InChI=1S/C46H56N4O5/c1-2-28-50(38-13-7-8-14-38)31-39-29-43(35-22-20-33(32-51)21-23-35)55-46(54-39)36-26-24-34(25-27-36)40-15-9-6-12-37(40)30-48-44(52)18-4-3-5-19-45(53)49-42-17-11-10-16-41(42)47/h2,6,9-12,15-17,20-27,38-39,43,46,51H,1,3-5,7-8,13-14,18-19,28-32,47H2,(H,48,52)(H,49,53). The first-order valence-electron chi connectivity index (χ1n) is 19.8. The number of benzene rings is 4. The van der Waals surface area contributed by atoms with E-state index in [0.29, 0.717) is 49.6 Å². The van der Waals surface area contributed by atoms with Crippen LogP contribution in [0.4, 0.5) is 11.4 Å². The molecule has 0 radical (unpaired) electrons. The molecule has 290 valence electrons. The molecule has 2 fully saturated rings. The molecule has 2 aliphatic rings. The van der Waals surface area contributed by atoms with Gasteiger partial charge >= 0.3 is 0 Å². The highest BCUT2D eigenvalue weighted by molar-refractivity contribution is 5.93. The topological polar surface area (TPSA) is 126 Å². The lowest BCUT2D eigenvalue weighted by molar-refractivity contribution is -0.253. The molecular formula is C46H56N4O5. The van der Waals surface area contributed by atoms with Gasteiger partial charge in [0.25, 0.3) is 0 Å². The first kappa shape index (κ1) is 39.9. The fourth-order valence-electron chi connectivity index (χ4n) is 7.73. The van der Waals surface area contributed by atoms with Crippen molar-refractivity contribution in [1.29, 1.82) is 0 Å². The lowest BCUT2D eigenvalue weighted by Gasteiger charge is -2.39. The molecule has 1 aliphatic heterocycles. The van der Waals surface area contributed by atoms with Crippen molar-refractivity contribution in [1.82, 2.24) is 10.2 Å². The molecule has 6 rings (SSSR count). The Balaban J connectivity index is 1.04. The minimum absolute atomic E-state index is 0.00652. The van der Waals surface area contributed by atoms with Crippen molar-refractivity contribution in [2.75, 3.05) is 24.1 Å². The predicted molar refractivity (Wildman–Crippen MR) is 219 cm³/mol. The molecule has 0 aromatic heterocycles. The smallest absolute Gasteiger partial charge is 0.224 e. The number of nitrogens with zero attached hydrogens (tertiary/aromatic N) is 1. The van der Waals surface area contributed by atoms with Crippen molar-refractivity contribution in [3.05, 3.63) is 132 Å². The predicted octanol–water partition coefficient (Wildman–Crippen LogP) is 8.61. The Bertz CT molecular complexity index is 1840. The number of aliphatic hydroxyl groups is 1. The van der Waals surface area contributed by atoms with Crippen molar-refractivity contribution < 1.29 is 24.2 Å². The van der Waals surface area contributed by atoms with Gasteiger partial charge in [-0.3, -0.25) is 14.5 Å². The van der Waals surface area contributed by atoms with Crippen LogP contribution >= 0.6 is 0 Å². The van der Waals surface area contributed by atoms with Gasteiger partial charge in [0.1, 0.15) is 0 Å². The third-order valence-electron chi connectivity index (χ3n) is 10.8. The maximum Gasteiger partial charge on any atom is 0.224 e. The number of carbonyl (C=O) groups is 2. The van der Waals surface area contributed by atoms with Gasteiger partial charge in [0, 0.05) is 50.5 Å². The molecule has 1 aliphatic carbocycles. The molecule has 4 aromatic carbocycles. The Morgan fingerprint density at radius 2 is 1.53 bits per heavy atom. The van der Waals surface area contributed by atoms with E-state index in [9.17, 15) is 14.7 Å². The van der Waals surface area contributed by atoms with Gasteiger partial charge in [-0.25, -0.2) is 0 Å². The monoisotopic (exact) mass is 744 g/mol. The molecule has 9 nitrogen and oxygen atoms in total. The van der Waals surface area contributed by atoms with Gasteiger partial charge in [0.2, 0.25) is 11.8 Å². The van der Waals surface area contributed by atoms with Gasteiger partial charge in [-0.15, -0.1) is 6.58 Å². The third-order valence-corrected chi connectivity index (χ3v) is 10.8. The van der Waals surface area contributed by atoms with Crippen molar-refractivity contribution in [3.63, 3.8) is 0 Å². The van der Waals surface area contributed by atoms with Crippen LogP contribution in [0.1, 0.15) is 98.9 Å². The summed E-state index contributed by atoms with van der Waals surface area (Å²) in [4.78, 5) is 27.6. The van der Waals surface area contributed by atoms with Crippen LogP contribution in [0.25, 0.3) is 11.1 Å². The van der Waals surface area contributed by atoms with Crippen molar-refractivity contribution in [2.24, 2.45) is 0 Å². The van der Waals surface area contributed by atoms with Crippen LogP contribution in [0.2, 0.25) is 0 Å². The Morgan fingerprint density at radius 1 is 0.836 bits per heavy atom. The van der Waals surface area contributed by atoms with Gasteiger partial charge in [-0.05, 0) is 65.6 Å². The third kappa shape index (κ3) is 11.4. The van der Waals surface area contributed by atoms with E-state index in [1.807, 2.05) is 48.5 Å². The van der Waals surface area contributed by atoms with Crippen LogP contribution < -0.4 is 16.4 Å². The summed E-state index contributed by atoms with van der Waals surface area (Å²) in [6.07, 6.45) is 10.0. The van der Waals surface area contributed by atoms with E-state index in [4.69, 9.17) is 15.2 Å². The molecule has 1 heterocycles. The average Bonchev–Trinajstić information content (AvgIpc) is 3.76. The number of carbonyl (C=O) groups excluding carboxylic acids is 2. The van der Waals surface area contributed by atoms with Crippen LogP contribution in [-0.4, -0.2) is 47.1 Å². The maximum absolute atomic E-state index is 12.8. The summed E-state index contributed by atoms with van der Waals surface area (Å²) in [7, 11) is 0. The van der Waals surface area contributed by atoms with Crippen LogP contribution in [0.15, 0.2) is 110 Å². The average molecular weight is 745 g/mol. The normalized spacial score (nSPS) is 18.6. The molecule has 0 bridgehead atoms. The number of nitrogen functional groups attached to an aromatic ring is 1. The van der Waals surface area contributed by atoms with Gasteiger partial charge in [-0.2, -0.15) is 0 Å². The fourth-order valence-corrected chi connectivity index (χ4v) is 7.73. The second-order valence-corrected chi connectivity index (χ2v) is 14.8. The van der Waals surface area contributed by atoms with Gasteiger partial charge in [-0.1, -0.05) is 110 Å². The lowest BCUT2D eigenvalue weighted by Crippen LogP contribution is -2.43. The van der Waals surface area contributed by atoms with Gasteiger partial charge < -0.3 is 30.9 Å². The SMILES string of the molecule is C=CCN(CC1CC(c2ccc(CO)cc2)OC(c2ccc(-c3ccccc3CNC(=O)CCCCCC(=O)Nc3ccccc3N)cc2)O1)C1CCCC1. The summed E-state index contributed by atoms with van der Waals surface area (Å²) >= 11 is 0. The van der Waals surface area contributed by atoms with Crippen molar-refractivity contribution >= 4 is 23.2 Å². The number of nitrogens with one attached hydrogen (secondary N) is 2. The van der Waals surface area contributed by atoms with Crippen LogP contribution in [0.5, 0.6) is 0 Å². The number of hydrogen-bond acceptors (Lipinski definition) is 7.